The Hall–Kier alpha value is -1.33. The summed E-state index contributed by atoms with van der Waals surface area (Å²) < 4.78 is 31.9. The van der Waals surface area contributed by atoms with Gasteiger partial charge in [-0.25, -0.2) is 8.78 Å². The predicted octanol–water partition coefficient (Wildman–Crippen LogP) is 1.77. The molecule has 1 heterocycles. The first-order chi connectivity index (χ1) is 8.65. The van der Waals surface area contributed by atoms with E-state index in [1.165, 1.54) is 12.1 Å². The van der Waals surface area contributed by atoms with Gasteiger partial charge in [-0.3, -0.25) is 4.79 Å². The Labute approximate surface area is 104 Å². The van der Waals surface area contributed by atoms with Crippen molar-refractivity contribution in [1.82, 2.24) is 5.32 Å². The van der Waals surface area contributed by atoms with Gasteiger partial charge < -0.3 is 10.1 Å². The number of ether oxygens (including phenoxy) is 1. The third kappa shape index (κ3) is 2.42. The highest BCUT2D eigenvalue weighted by Gasteiger charge is 2.35. The maximum Gasteiger partial charge on any atom is 0.172 e. The van der Waals surface area contributed by atoms with Crippen LogP contribution < -0.4 is 5.32 Å². The number of benzene rings is 1. The summed E-state index contributed by atoms with van der Waals surface area (Å²) in [5, 5.41) is 3.12. The van der Waals surface area contributed by atoms with Crippen LogP contribution in [0.15, 0.2) is 18.2 Å². The van der Waals surface area contributed by atoms with E-state index in [1.807, 2.05) is 6.92 Å². The van der Waals surface area contributed by atoms with E-state index in [0.717, 1.165) is 6.07 Å². The SMILES string of the molecule is CCNC1COCC1C(=O)c1cccc(F)c1F. The fourth-order valence-electron chi connectivity index (χ4n) is 2.17. The summed E-state index contributed by atoms with van der Waals surface area (Å²) in [7, 11) is 0. The lowest BCUT2D eigenvalue weighted by molar-refractivity contribution is 0.0886. The van der Waals surface area contributed by atoms with Crippen molar-refractivity contribution in [2.75, 3.05) is 19.8 Å². The normalized spacial score (nSPS) is 23.3. The summed E-state index contributed by atoms with van der Waals surface area (Å²) in [6, 6.07) is 3.51. The van der Waals surface area contributed by atoms with Crippen LogP contribution in [0.1, 0.15) is 17.3 Å². The Morgan fingerprint density at radius 2 is 2.22 bits per heavy atom. The number of hydrogen-bond donors (Lipinski definition) is 1. The molecule has 98 valence electrons. The smallest absolute Gasteiger partial charge is 0.172 e. The van der Waals surface area contributed by atoms with E-state index in [9.17, 15) is 13.6 Å². The second kappa shape index (κ2) is 5.54. The minimum Gasteiger partial charge on any atom is -0.379 e. The van der Waals surface area contributed by atoms with Crippen molar-refractivity contribution in [2.24, 2.45) is 5.92 Å². The second-order valence-electron chi connectivity index (χ2n) is 4.27. The summed E-state index contributed by atoms with van der Waals surface area (Å²) in [6.45, 7) is 3.28. The molecule has 0 radical (unpaired) electrons. The molecule has 2 unspecified atom stereocenters. The van der Waals surface area contributed by atoms with E-state index >= 15 is 0 Å². The topological polar surface area (TPSA) is 38.3 Å². The zero-order valence-electron chi connectivity index (χ0n) is 10.1. The van der Waals surface area contributed by atoms with E-state index in [1.54, 1.807) is 0 Å². The molecule has 0 aliphatic carbocycles. The molecule has 1 N–H and O–H groups in total. The molecule has 1 fully saturated rings. The first-order valence-electron chi connectivity index (χ1n) is 5.94. The van der Waals surface area contributed by atoms with Gasteiger partial charge in [0, 0.05) is 6.04 Å². The number of carbonyl (C=O) groups is 1. The lowest BCUT2D eigenvalue weighted by Crippen LogP contribution is -2.39. The largest absolute Gasteiger partial charge is 0.379 e. The summed E-state index contributed by atoms with van der Waals surface area (Å²) in [5.74, 6) is -2.94. The molecular weight excluding hydrogens is 240 g/mol. The van der Waals surface area contributed by atoms with Crippen molar-refractivity contribution >= 4 is 5.78 Å². The molecule has 0 amide bonds. The molecule has 1 aromatic carbocycles. The van der Waals surface area contributed by atoms with Crippen LogP contribution in [0.25, 0.3) is 0 Å². The predicted molar refractivity (Wildman–Crippen MR) is 62.5 cm³/mol. The molecule has 0 spiro atoms. The molecule has 5 heteroatoms. The van der Waals surface area contributed by atoms with Crippen LogP contribution in [0, 0.1) is 17.6 Å². The van der Waals surface area contributed by atoms with E-state index in [4.69, 9.17) is 4.74 Å². The van der Waals surface area contributed by atoms with E-state index < -0.39 is 23.3 Å². The standard InChI is InChI=1S/C13H15F2NO2/c1-2-16-11-7-18-6-9(11)13(17)8-4-3-5-10(14)12(8)15/h3-5,9,11,16H,2,6-7H2,1H3. The molecule has 3 nitrogen and oxygen atoms in total. The number of ketones is 1. The fraction of sp³-hybridized carbons (Fsp3) is 0.462. The van der Waals surface area contributed by atoms with Gasteiger partial charge in [-0.2, -0.15) is 0 Å². The second-order valence-corrected chi connectivity index (χ2v) is 4.27. The minimum absolute atomic E-state index is 0.134. The zero-order chi connectivity index (χ0) is 13.1. The van der Waals surface area contributed by atoms with Gasteiger partial charge in [0.25, 0.3) is 0 Å². The van der Waals surface area contributed by atoms with Gasteiger partial charge in [0.15, 0.2) is 17.4 Å². The molecule has 0 saturated carbocycles. The summed E-state index contributed by atoms with van der Waals surface area (Å²) in [4.78, 5) is 12.2. The van der Waals surface area contributed by atoms with Crippen LogP contribution in [-0.4, -0.2) is 31.6 Å². The number of rotatable bonds is 4. The summed E-state index contributed by atoms with van der Waals surface area (Å²) >= 11 is 0. The van der Waals surface area contributed by atoms with Crippen LogP contribution >= 0.6 is 0 Å². The van der Waals surface area contributed by atoms with Gasteiger partial charge in [-0.15, -0.1) is 0 Å². The summed E-state index contributed by atoms with van der Waals surface area (Å²) in [5.41, 5.74) is -0.201. The van der Waals surface area contributed by atoms with Crippen LogP contribution in [0.3, 0.4) is 0 Å². The highest BCUT2D eigenvalue weighted by atomic mass is 19.2. The number of nitrogens with one attached hydrogen (secondary N) is 1. The zero-order valence-corrected chi connectivity index (χ0v) is 10.1. The van der Waals surface area contributed by atoms with Crippen molar-refractivity contribution in [3.8, 4) is 0 Å². The Kier molecular flexibility index (Phi) is 4.04. The molecule has 18 heavy (non-hydrogen) atoms. The van der Waals surface area contributed by atoms with Gasteiger partial charge in [-0.05, 0) is 18.7 Å². The number of likely N-dealkylation sites (N-methyl/N-ethyl adjacent to an activating group) is 1. The minimum atomic E-state index is -1.08. The Bertz CT molecular complexity index is 451. The van der Waals surface area contributed by atoms with Crippen molar-refractivity contribution < 1.29 is 18.3 Å². The molecule has 1 aromatic rings. The monoisotopic (exact) mass is 255 g/mol. The molecule has 0 aromatic heterocycles. The van der Waals surface area contributed by atoms with Crippen LogP contribution in [0.5, 0.6) is 0 Å². The Balaban J connectivity index is 2.23. The number of halogens is 2. The maximum absolute atomic E-state index is 13.6. The number of Topliss-reactive ketones (excluding diaryl/α,β-unsaturated/α-hetero) is 1. The van der Waals surface area contributed by atoms with Crippen molar-refractivity contribution in [2.45, 2.75) is 13.0 Å². The average molecular weight is 255 g/mol. The van der Waals surface area contributed by atoms with E-state index in [0.29, 0.717) is 13.2 Å². The van der Waals surface area contributed by atoms with Crippen molar-refractivity contribution in [3.05, 3.63) is 35.4 Å². The van der Waals surface area contributed by atoms with Crippen molar-refractivity contribution in [3.63, 3.8) is 0 Å². The van der Waals surface area contributed by atoms with Crippen molar-refractivity contribution in [1.29, 1.82) is 0 Å². The quantitative estimate of drug-likeness (QED) is 0.833. The van der Waals surface area contributed by atoms with E-state index in [2.05, 4.69) is 5.32 Å². The van der Waals surface area contributed by atoms with Gasteiger partial charge in [0.2, 0.25) is 0 Å². The third-order valence-corrected chi connectivity index (χ3v) is 3.10. The van der Waals surface area contributed by atoms with Crippen LogP contribution in [0.2, 0.25) is 0 Å². The highest BCUT2D eigenvalue weighted by Crippen LogP contribution is 2.22. The number of carbonyl (C=O) groups excluding carboxylic acids is 1. The van der Waals surface area contributed by atoms with Crippen LogP contribution in [-0.2, 0) is 4.74 Å². The highest BCUT2D eigenvalue weighted by molar-refractivity contribution is 5.98. The average Bonchev–Trinajstić information content (AvgIpc) is 2.80. The molecule has 2 rings (SSSR count). The third-order valence-electron chi connectivity index (χ3n) is 3.10. The fourth-order valence-corrected chi connectivity index (χ4v) is 2.17. The van der Waals surface area contributed by atoms with Gasteiger partial charge in [0.05, 0.1) is 24.7 Å². The molecule has 0 bridgehead atoms. The van der Waals surface area contributed by atoms with Gasteiger partial charge in [0.1, 0.15) is 0 Å². The Morgan fingerprint density at radius 1 is 1.44 bits per heavy atom. The first-order valence-corrected chi connectivity index (χ1v) is 5.94. The first kappa shape index (κ1) is 13.1. The lowest BCUT2D eigenvalue weighted by atomic mass is 9.93. The summed E-state index contributed by atoms with van der Waals surface area (Å²) in [6.07, 6.45) is 0. The van der Waals surface area contributed by atoms with Crippen LogP contribution in [0.4, 0.5) is 8.78 Å². The van der Waals surface area contributed by atoms with Gasteiger partial charge >= 0.3 is 0 Å². The Morgan fingerprint density at radius 3 is 2.94 bits per heavy atom. The van der Waals surface area contributed by atoms with E-state index in [-0.39, 0.29) is 18.2 Å². The molecular formula is C13H15F2NO2. The maximum atomic E-state index is 13.6. The van der Waals surface area contributed by atoms with Gasteiger partial charge in [-0.1, -0.05) is 13.0 Å². The lowest BCUT2D eigenvalue weighted by Gasteiger charge is -2.17. The molecule has 1 aliphatic heterocycles. The number of hydrogen-bond acceptors (Lipinski definition) is 3. The molecule has 1 aliphatic rings. The molecule has 2 atom stereocenters. The molecule has 1 saturated heterocycles.